The molecule has 1 aliphatic rings. The molecule has 1 fully saturated rings. The fourth-order valence-corrected chi connectivity index (χ4v) is 3.74. The summed E-state index contributed by atoms with van der Waals surface area (Å²) in [6, 6.07) is 8.07. The molecule has 2 rings (SSSR count). The normalized spacial score (nSPS) is 22.0. The summed E-state index contributed by atoms with van der Waals surface area (Å²) in [5, 5.41) is 3.55. The summed E-state index contributed by atoms with van der Waals surface area (Å²) in [7, 11) is 2.10. The van der Waals surface area contributed by atoms with Gasteiger partial charge in [0, 0.05) is 18.6 Å². The molecule has 2 nitrogen and oxygen atoms in total. The molecular formula is C19H32N2. The second-order valence-electron chi connectivity index (χ2n) is 6.61. The molecule has 1 N–H and O–H groups in total. The van der Waals surface area contributed by atoms with Gasteiger partial charge in [-0.2, -0.15) is 0 Å². The van der Waals surface area contributed by atoms with E-state index in [2.05, 4.69) is 56.2 Å². The molecule has 0 bridgehead atoms. The van der Waals surface area contributed by atoms with E-state index in [0.717, 1.165) is 12.6 Å². The van der Waals surface area contributed by atoms with E-state index in [1.807, 2.05) is 0 Å². The maximum Gasteiger partial charge on any atom is 0.0449 e. The first-order chi connectivity index (χ1) is 10.2. The number of hydrogen-bond donors (Lipinski definition) is 1. The van der Waals surface area contributed by atoms with Crippen molar-refractivity contribution in [3.05, 3.63) is 34.9 Å². The Bertz CT molecular complexity index is 441. The highest BCUT2D eigenvalue weighted by Crippen LogP contribution is 2.24. The second-order valence-corrected chi connectivity index (χ2v) is 6.61. The van der Waals surface area contributed by atoms with Crippen LogP contribution in [-0.4, -0.2) is 31.1 Å². The number of benzene rings is 1. The minimum atomic E-state index is 0.442. The van der Waals surface area contributed by atoms with Gasteiger partial charge < -0.3 is 5.32 Å². The molecular weight excluding hydrogens is 256 g/mol. The molecule has 1 aromatic carbocycles. The van der Waals surface area contributed by atoms with Gasteiger partial charge >= 0.3 is 0 Å². The van der Waals surface area contributed by atoms with E-state index in [-0.39, 0.29) is 0 Å². The van der Waals surface area contributed by atoms with Gasteiger partial charge in [0.2, 0.25) is 0 Å². The summed E-state index contributed by atoms with van der Waals surface area (Å²) in [4.78, 5) is 2.73. The van der Waals surface area contributed by atoms with E-state index in [9.17, 15) is 0 Å². The third-order valence-corrected chi connectivity index (χ3v) is 5.04. The lowest BCUT2D eigenvalue weighted by atomic mass is 9.98. The number of likely N-dealkylation sites (N-methyl/N-ethyl adjacent to an activating group) is 1. The smallest absolute Gasteiger partial charge is 0.0449 e. The number of nitrogens with one attached hydrogen (secondary N) is 1. The maximum atomic E-state index is 3.55. The average molecular weight is 288 g/mol. The molecule has 2 atom stereocenters. The van der Waals surface area contributed by atoms with Crippen molar-refractivity contribution in [3.63, 3.8) is 0 Å². The van der Waals surface area contributed by atoms with Gasteiger partial charge in [0.25, 0.3) is 0 Å². The number of likely N-dealkylation sites (tertiary alicyclic amines) is 1. The molecule has 0 aliphatic carbocycles. The van der Waals surface area contributed by atoms with Crippen LogP contribution < -0.4 is 5.32 Å². The number of aryl methyl sites for hydroxylation is 2. The molecule has 0 aromatic heterocycles. The first-order valence-corrected chi connectivity index (χ1v) is 8.64. The Morgan fingerprint density at radius 3 is 2.71 bits per heavy atom. The summed E-state index contributed by atoms with van der Waals surface area (Å²) in [5.74, 6) is 0. The van der Waals surface area contributed by atoms with Gasteiger partial charge in [-0.05, 0) is 57.8 Å². The van der Waals surface area contributed by atoms with Crippen LogP contribution in [0.1, 0.15) is 61.8 Å². The van der Waals surface area contributed by atoms with Crippen LogP contribution in [-0.2, 0) is 0 Å². The number of nitrogens with zero attached hydrogens (tertiary/aromatic N) is 1. The lowest BCUT2D eigenvalue weighted by Crippen LogP contribution is -2.40. The average Bonchev–Trinajstić information content (AvgIpc) is 2.70. The zero-order valence-electron chi connectivity index (χ0n) is 14.3. The Morgan fingerprint density at radius 2 is 2.05 bits per heavy atom. The monoisotopic (exact) mass is 288 g/mol. The van der Waals surface area contributed by atoms with Crippen molar-refractivity contribution < 1.29 is 0 Å². The zero-order valence-corrected chi connectivity index (χ0v) is 14.3. The fourth-order valence-electron chi connectivity index (χ4n) is 3.74. The topological polar surface area (TPSA) is 15.3 Å². The molecule has 21 heavy (non-hydrogen) atoms. The highest BCUT2D eigenvalue weighted by molar-refractivity contribution is 5.33. The highest BCUT2D eigenvalue weighted by Gasteiger charge is 2.23. The van der Waals surface area contributed by atoms with Gasteiger partial charge in [-0.1, -0.05) is 43.5 Å². The van der Waals surface area contributed by atoms with Gasteiger partial charge in [0.1, 0.15) is 0 Å². The summed E-state index contributed by atoms with van der Waals surface area (Å²) in [5.41, 5.74) is 4.23. The predicted molar refractivity (Wildman–Crippen MR) is 91.8 cm³/mol. The van der Waals surface area contributed by atoms with Crippen LogP contribution in [0.2, 0.25) is 0 Å². The first kappa shape index (κ1) is 16.5. The van der Waals surface area contributed by atoms with Gasteiger partial charge in [0.15, 0.2) is 0 Å². The lowest BCUT2D eigenvalue weighted by molar-refractivity contribution is 0.176. The van der Waals surface area contributed by atoms with Crippen LogP contribution in [0.5, 0.6) is 0 Å². The quantitative estimate of drug-likeness (QED) is 0.872. The van der Waals surface area contributed by atoms with Crippen LogP contribution in [0.3, 0.4) is 0 Å². The van der Waals surface area contributed by atoms with Crippen molar-refractivity contribution in [1.82, 2.24) is 10.2 Å². The standard InChI is InChI=1S/C19H32N2/c1-5-17-9-7-6-8-12-21(17)14-19(20-4)18-11-10-15(2)13-16(18)3/h10-11,13,17,19-20H,5-9,12,14H2,1-4H3. The van der Waals surface area contributed by atoms with Crippen molar-refractivity contribution in [2.24, 2.45) is 0 Å². The molecule has 0 spiro atoms. The number of hydrogen-bond acceptors (Lipinski definition) is 2. The SMILES string of the molecule is CCC1CCCCCN1CC(NC)c1ccc(C)cc1C. The minimum absolute atomic E-state index is 0.442. The third kappa shape index (κ3) is 4.31. The van der Waals surface area contributed by atoms with Crippen molar-refractivity contribution in [3.8, 4) is 0 Å². The zero-order chi connectivity index (χ0) is 15.2. The molecule has 1 saturated heterocycles. The highest BCUT2D eigenvalue weighted by atomic mass is 15.2. The van der Waals surface area contributed by atoms with Crippen molar-refractivity contribution in [1.29, 1.82) is 0 Å². The summed E-state index contributed by atoms with van der Waals surface area (Å²) < 4.78 is 0. The first-order valence-electron chi connectivity index (χ1n) is 8.64. The Balaban J connectivity index is 2.13. The van der Waals surface area contributed by atoms with Crippen LogP contribution in [0.25, 0.3) is 0 Å². The van der Waals surface area contributed by atoms with E-state index < -0.39 is 0 Å². The Kier molecular flexibility index (Phi) is 6.25. The summed E-state index contributed by atoms with van der Waals surface area (Å²) in [6.07, 6.45) is 6.83. The molecule has 2 heteroatoms. The Labute approximate surface area is 130 Å². The molecule has 1 heterocycles. The van der Waals surface area contributed by atoms with Gasteiger partial charge in [-0.3, -0.25) is 4.90 Å². The van der Waals surface area contributed by atoms with E-state index in [0.29, 0.717) is 6.04 Å². The largest absolute Gasteiger partial charge is 0.312 e. The van der Waals surface area contributed by atoms with E-state index in [1.54, 1.807) is 0 Å². The third-order valence-electron chi connectivity index (χ3n) is 5.04. The van der Waals surface area contributed by atoms with Crippen molar-refractivity contribution in [2.45, 2.75) is 65.0 Å². The van der Waals surface area contributed by atoms with Crippen molar-refractivity contribution in [2.75, 3.05) is 20.1 Å². The lowest BCUT2D eigenvalue weighted by Gasteiger charge is -2.33. The van der Waals surface area contributed by atoms with Crippen LogP contribution >= 0.6 is 0 Å². The van der Waals surface area contributed by atoms with Crippen molar-refractivity contribution >= 4 is 0 Å². The molecule has 2 unspecified atom stereocenters. The van der Waals surface area contributed by atoms with Crippen LogP contribution in [0.4, 0.5) is 0 Å². The molecule has 0 radical (unpaired) electrons. The van der Waals surface area contributed by atoms with Gasteiger partial charge in [0.05, 0.1) is 0 Å². The second kappa shape index (κ2) is 7.95. The Morgan fingerprint density at radius 1 is 1.24 bits per heavy atom. The molecule has 0 saturated carbocycles. The Hall–Kier alpha value is -0.860. The van der Waals surface area contributed by atoms with Crippen LogP contribution in [0.15, 0.2) is 18.2 Å². The van der Waals surface area contributed by atoms with E-state index in [4.69, 9.17) is 0 Å². The van der Waals surface area contributed by atoms with Gasteiger partial charge in [-0.25, -0.2) is 0 Å². The molecule has 118 valence electrons. The molecule has 0 amide bonds. The fraction of sp³-hybridized carbons (Fsp3) is 0.684. The van der Waals surface area contributed by atoms with E-state index >= 15 is 0 Å². The number of rotatable bonds is 5. The summed E-state index contributed by atoms with van der Waals surface area (Å²) >= 11 is 0. The van der Waals surface area contributed by atoms with Crippen LogP contribution in [0, 0.1) is 13.8 Å². The molecule has 1 aliphatic heterocycles. The summed E-state index contributed by atoms with van der Waals surface area (Å²) in [6.45, 7) is 9.16. The maximum absolute atomic E-state index is 3.55. The minimum Gasteiger partial charge on any atom is -0.312 e. The van der Waals surface area contributed by atoms with Gasteiger partial charge in [-0.15, -0.1) is 0 Å². The van der Waals surface area contributed by atoms with E-state index in [1.165, 1.54) is 55.3 Å². The molecule has 1 aromatic rings. The predicted octanol–water partition coefficient (Wildman–Crippen LogP) is 4.22.